The van der Waals surface area contributed by atoms with Gasteiger partial charge in [0.1, 0.15) is 0 Å². The molecule has 1 saturated carbocycles. The molecule has 1 fully saturated rings. The molecule has 0 spiro atoms. The predicted molar refractivity (Wildman–Crippen MR) is 73.6 cm³/mol. The summed E-state index contributed by atoms with van der Waals surface area (Å²) in [4.78, 5) is 3.65. The summed E-state index contributed by atoms with van der Waals surface area (Å²) in [5.74, 6) is 0.774. The molecule has 1 nitrogen and oxygen atoms in total. The summed E-state index contributed by atoms with van der Waals surface area (Å²) >= 11 is 0. The Hall–Kier alpha value is -1.24. The molecular formula is C16H21N. The van der Waals surface area contributed by atoms with Crippen molar-refractivity contribution in [2.75, 3.05) is 0 Å². The molecule has 1 aromatic carbocycles. The molecule has 1 aromatic heterocycles. The van der Waals surface area contributed by atoms with Gasteiger partial charge >= 0.3 is 0 Å². The van der Waals surface area contributed by atoms with Gasteiger partial charge in [0.05, 0.1) is 0 Å². The first kappa shape index (κ1) is 10.9. The summed E-state index contributed by atoms with van der Waals surface area (Å²) in [6.45, 7) is 4.39. The van der Waals surface area contributed by atoms with Crippen LogP contribution in [0.3, 0.4) is 0 Å². The molecule has 0 radical (unpaired) electrons. The van der Waals surface area contributed by atoms with Gasteiger partial charge in [-0.3, -0.25) is 0 Å². The highest BCUT2D eigenvalue weighted by Gasteiger charge is 2.17. The van der Waals surface area contributed by atoms with Crippen LogP contribution in [0.25, 0.3) is 10.9 Å². The Balaban J connectivity index is 2.03. The van der Waals surface area contributed by atoms with Crippen molar-refractivity contribution in [3.05, 3.63) is 35.0 Å². The molecule has 1 heteroatoms. The van der Waals surface area contributed by atoms with Crippen LogP contribution in [0.15, 0.2) is 18.2 Å². The SMILES string of the molecule is Cc1cc(C)c2cc(C3CCCCC3)[nH]c2c1. The van der Waals surface area contributed by atoms with Crippen LogP contribution in [0.4, 0.5) is 0 Å². The van der Waals surface area contributed by atoms with Gasteiger partial charge < -0.3 is 4.98 Å². The maximum Gasteiger partial charge on any atom is 0.0461 e. The van der Waals surface area contributed by atoms with E-state index in [1.807, 2.05) is 0 Å². The average molecular weight is 227 g/mol. The highest BCUT2D eigenvalue weighted by atomic mass is 14.7. The van der Waals surface area contributed by atoms with Crippen LogP contribution in [0.2, 0.25) is 0 Å². The lowest BCUT2D eigenvalue weighted by Crippen LogP contribution is -2.04. The molecular weight excluding hydrogens is 206 g/mol. The van der Waals surface area contributed by atoms with E-state index in [2.05, 4.69) is 37.0 Å². The van der Waals surface area contributed by atoms with E-state index >= 15 is 0 Å². The lowest BCUT2D eigenvalue weighted by Gasteiger charge is -2.20. The number of benzene rings is 1. The molecule has 0 aliphatic heterocycles. The van der Waals surface area contributed by atoms with E-state index in [-0.39, 0.29) is 0 Å². The van der Waals surface area contributed by atoms with Gasteiger partial charge in [0, 0.05) is 16.6 Å². The van der Waals surface area contributed by atoms with Crippen molar-refractivity contribution >= 4 is 10.9 Å². The topological polar surface area (TPSA) is 15.8 Å². The van der Waals surface area contributed by atoms with Crippen LogP contribution in [0.1, 0.15) is 54.8 Å². The molecule has 0 saturated heterocycles. The summed E-state index contributed by atoms with van der Waals surface area (Å²) in [5, 5.41) is 1.41. The first-order chi connectivity index (χ1) is 8.24. The maximum atomic E-state index is 3.65. The highest BCUT2D eigenvalue weighted by Crippen LogP contribution is 2.34. The first-order valence-corrected chi connectivity index (χ1v) is 6.84. The molecule has 2 aromatic rings. The minimum Gasteiger partial charge on any atom is -0.358 e. The van der Waals surface area contributed by atoms with Crippen LogP contribution >= 0.6 is 0 Å². The Kier molecular flexibility index (Phi) is 2.70. The van der Waals surface area contributed by atoms with Gasteiger partial charge in [0.25, 0.3) is 0 Å². The quantitative estimate of drug-likeness (QED) is 0.718. The first-order valence-electron chi connectivity index (χ1n) is 6.84. The molecule has 1 heterocycles. The zero-order valence-corrected chi connectivity index (χ0v) is 10.8. The van der Waals surface area contributed by atoms with E-state index in [4.69, 9.17) is 0 Å². The molecule has 1 aliphatic rings. The van der Waals surface area contributed by atoms with Crippen LogP contribution < -0.4 is 0 Å². The maximum absolute atomic E-state index is 3.65. The second-order valence-electron chi connectivity index (χ2n) is 5.60. The number of fused-ring (bicyclic) bond motifs is 1. The highest BCUT2D eigenvalue weighted by molar-refractivity contribution is 5.84. The summed E-state index contributed by atoms with van der Waals surface area (Å²) in [5.41, 5.74) is 5.54. The molecule has 0 unspecified atom stereocenters. The van der Waals surface area contributed by atoms with Gasteiger partial charge in [-0.15, -0.1) is 0 Å². The van der Waals surface area contributed by atoms with Gasteiger partial charge in [-0.1, -0.05) is 25.3 Å². The number of hydrogen-bond donors (Lipinski definition) is 1. The van der Waals surface area contributed by atoms with Gasteiger partial charge in [-0.25, -0.2) is 0 Å². The smallest absolute Gasteiger partial charge is 0.0461 e. The molecule has 90 valence electrons. The normalized spacial score (nSPS) is 17.8. The predicted octanol–water partition coefficient (Wildman–Crippen LogP) is 4.83. The van der Waals surface area contributed by atoms with Crippen LogP contribution in [-0.2, 0) is 0 Å². The van der Waals surface area contributed by atoms with Crippen LogP contribution in [-0.4, -0.2) is 4.98 Å². The summed E-state index contributed by atoms with van der Waals surface area (Å²) < 4.78 is 0. The van der Waals surface area contributed by atoms with E-state index in [1.54, 1.807) is 0 Å². The van der Waals surface area contributed by atoms with Crippen molar-refractivity contribution in [3.63, 3.8) is 0 Å². The van der Waals surface area contributed by atoms with E-state index in [9.17, 15) is 0 Å². The third-order valence-electron chi connectivity index (χ3n) is 4.16. The summed E-state index contributed by atoms with van der Waals surface area (Å²) in [6.07, 6.45) is 6.96. The molecule has 3 rings (SSSR count). The monoisotopic (exact) mass is 227 g/mol. The van der Waals surface area contributed by atoms with Crippen molar-refractivity contribution in [1.29, 1.82) is 0 Å². The van der Waals surface area contributed by atoms with E-state index in [0.29, 0.717) is 0 Å². The zero-order chi connectivity index (χ0) is 11.8. The van der Waals surface area contributed by atoms with E-state index in [0.717, 1.165) is 5.92 Å². The molecule has 1 aliphatic carbocycles. The number of aromatic nitrogens is 1. The fourth-order valence-electron chi connectivity index (χ4n) is 3.25. The standard InChI is InChI=1S/C16H21N/c1-11-8-12(2)14-10-15(17-16(14)9-11)13-6-4-3-5-7-13/h8-10,13,17H,3-7H2,1-2H3. The summed E-state index contributed by atoms with van der Waals surface area (Å²) in [7, 11) is 0. The van der Waals surface area contributed by atoms with Gasteiger partial charge in [-0.05, 0) is 55.9 Å². The van der Waals surface area contributed by atoms with E-state index in [1.165, 1.54) is 59.8 Å². The van der Waals surface area contributed by atoms with Crippen molar-refractivity contribution in [1.82, 2.24) is 4.98 Å². The van der Waals surface area contributed by atoms with Crippen molar-refractivity contribution in [2.45, 2.75) is 51.9 Å². The Bertz CT molecular complexity index is 530. The van der Waals surface area contributed by atoms with Crippen molar-refractivity contribution in [2.24, 2.45) is 0 Å². The Morgan fingerprint density at radius 3 is 2.53 bits per heavy atom. The minimum absolute atomic E-state index is 0.774. The largest absolute Gasteiger partial charge is 0.358 e. The number of aryl methyl sites for hydroxylation is 2. The number of rotatable bonds is 1. The summed E-state index contributed by atoms with van der Waals surface area (Å²) in [6, 6.07) is 6.94. The zero-order valence-electron chi connectivity index (χ0n) is 10.8. The Morgan fingerprint density at radius 2 is 1.76 bits per heavy atom. The van der Waals surface area contributed by atoms with Crippen LogP contribution in [0.5, 0.6) is 0 Å². The fraction of sp³-hybridized carbons (Fsp3) is 0.500. The van der Waals surface area contributed by atoms with Crippen molar-refractivity contribution < 1.29 is 0 Å². The fourth-order valence-corrected chi connectivity index (χ4v) is 3.25. The number of nitrogens with one attached hydrogen (secondary N) is 1. The molecule has 1 N–H and O–H groups in total. The third kappa shape index (κ3) is 1.99. The lowest BCUT2D eigenvalue weighted by molar-refractivity contribution is 0.438. The average Bonchev–Trinajstić information content (AvgIpc) is 2.74. The molecule has 0 bridgehead atoms. The second kappa shape index (κ2) is 4.21. The molecule has 0 amide bonds. The van der Waals surface area contributed by atoms with E-state index < -0.39 is 0 Å². The number of aromatic amines is 1. The Labute approximate surface area is 103 Å². The third-order valence-corrected chi connectivity index (χ3v) is 4.16. The molecule has 17 heavy (non-hydrogen) atoms. The van der Waals surface area contributed by atoms with Gasteiger partial charge in [-0.2, -0.15) is 0 Å². The number of hydrogen-bond acceptors (Lipinski definition) is 0. The van der Waals surface area contributed by atoms with Gasteiger partial charge in [0.15, 0.2) is 0 Å². The Morgan fingerprint density at radius 1 is 1.00 bits per heavy atom. The van der Waals surface area contributed by atoms with Gasteiger partial charge in [0.2, 0.25) is 0 Å². The van der Waals surface area contributed by atoms with Crippen molar-refractivity contribution in [3.8, 4) is 0 Å². The second-order valence-corrected chi connectivity index (χ2v) is 5.60. The lowest BCUT2D eigenvalue weighted by atomic mass is 9.87. The minimum atomic E-state index is 0.774. The number of H-pyrrole nitrogens is 1. The molecule has 0 atom stereocenters. The van der Waals surface area contributed by atoms with Crippen LogP contribution in [0, 0.1) is 13.8 Å².